The lowest BCUT2D eigenvalue weighted by Crippen LogP contribution is -2.35. The second-order valence-electron chi connectivity index (χ2n) is 5.31. The molecule has 21 heavy (non-hydrogen) atoms. The van der Waals surface area contributed by atoms with Crippen molar-refractivity contribution in [3.8, 4) is 0 Å². The lowest BCUT2D eigenvalue weighted by molar-refractivity contribution is -0.139. The number of allylic oxidation sites excluding steroid dienone is 1. The normalized spacial score (nSPS) is 24.1. The van der Waals surface area contributed by atoms with Gasteiger partial charge in [0.25, 0.3) is 0 Å². The molecule has 0 bridgehead atoms. The molecule has 1 heterocycles. The van der Waals surface area contributed by atoms with Crippen molar-refractivity contribution in [2.75, 3.05) is 20.3 Å². The van der Waals surface area contributed by atoms with E-state index < -0.39 is 0 Å². The lowest BCUT2D eigenvalue weighted by atomic mass is 9.98. The van der Waals surface area contributed by atoms with Gasteiger partial charge in [-0.15, -0.1) is 0 Å². The van der Waals surface area contributed by atoms with E-state index in [2.05, 4.69) is 19.2 Å². The summed E-state index contributed by atoms with van der Waals surface area (Å²) < 4.78 is 16.4. The number of hydrogen-bond acceptors (Lipinski definition) is 5. The Balaban J connectivity index is 2.28. The molecule has 0 radical (unpaired) electrons. The SMILES string of the molecule is CCOC(=O)C1=C2C=C(OC)C=CC2OC1CNC(C)C. The fraction of sp³-hybridized carbons (Fsp3) is 0.562. The summed E-state index contributed by atoms with van der Waals surface area (Å²) >= 11 is 0. The average molecular weight is 293 g/mol. The Morgan fingerprint density at radius 2 is 2.24 bits per heavy atom. The molecule has 0 saturated heterocycles. The minimum absolute atomic E-state index is 0.206. The summed E-state index contributed by atoms with van der Waals surface area (Å²) in [6, 6.07) is 0.324. The fourth-order valence-electron chi connectivity index (χ4n) is 2.43. The minimum atomic E-state index is -0.312. The topological polar surface area (TPSA) is 56.8 Å². The first kappa shape index (κ1) is 15.8. The van der Waals surface area contributed by atoms with Gasteiger partial charge < -0.3 is 19.5 Å². The van der Waals surface area contributed by atoms with Crippen LogP contribution in [0.4, 0.5) is 0 Å². The maximum absolute atomic E-state index is 12.3. The number of carbonyl (C=O) groups is 1. The van der Waals surface area contributed by atoms with Crippen molar-refractivity contribution in [2.24, 2.45) is 0 Å². The van der Waals surface area contributed by atoms with Gasteiger partial charge in [0.1, 0.15) is 18.0 Å². The Morgan fingerprint density at radius 1 is 1.48 bits per heavy atom. The highest BCUT2D eigenvalue weighted by Gasteiger charge is 2.38. The van der Waals surface area contributed by atoms with Crippen LogP contribution in [0, 0.1) is 0 Å². The predicted octanol–water partition coefficient (Wildman–Crippen LogP) is 1.71. The number of ether oxygens (including phenoxy) is 3. The molecule has 0 aromatic heterocycles. The van der Waals surface area contributed by atoms with E-state index in [0.29, 0.717) is 30.5 Å². The lowest BCUT2D eigenvalue weighted by Gasteiger charge is -2.17. The summed E-state index contributed by atoms with van der Waals surface area (Å²) in [5.41, 5.74) is 1.43. The van der Waals surface area contributed by atoms with Gasteiger partial charge in [-0.3, -0.25) is 0 Å². The minimum Gasteiger partial charge on any atom is -0.497 e. The van der Waals surface area contributed by atoms with Gasteiger partial charge in [0.05, 0.1) is 19.3 Å². The molecule has 2 rings (SSSR count). The standard InChI is InChI=1S/C16H23NO4/c1-5-20-16(18)15-12-8-11(19-4)6-7-13(12)21-14(15)9-17-10(2)3/h6-8,10,13-14,17H,5,9H2,1-4H3. The summed E-state index contributed by atoms with van der Waals surface area (Å²) in [6.07, 6.45) is 5.11. The van der Waals surface area contributed by atoms with E-state index in [1.807, 2.05) is 18.2 Å². The van der Waals surface area contributed by atoms with Crippen LogP contribution in [0.2, 0.25) is 0 Å². The highest BCUT2D eigenvalue weighted by molar-refractivity contribution is 5.92. The molecule has 0 spiro atoms. The number of esters is 1. The second kappa shape index (κ2) is 6.91. The van der Waals surface area contributed by atoms with Gasteiger partial charge in [0, 0.05) is 18.2 Å². The average Bonchev–Trinajstić information content (AvgIpc) is 2.82. The van der Waals surface area contributed by atoms with E-state index in [1.165, 1.54) is 0 Å². The third-order valence-corrected chi connectivity index (χ3v) is 3.43. The Hall–Kier alpha value is -1.59. The van der Waals surface area contributed by atoms with Crippen molar-refractivity contribution in [2.45, 2.75) is 39.0 Å². The fourth-order valence-corrected chi connectivity index (χ4v) is 2.43. The van der Waals surface area contributed by atoms with Crippen LogP contribution >= 0.6 is 0 Å². The molecule has 5 heteroatoms. The molecule has 0 fully saturated rings. The number of rotatable bonds is 6. The van der Waals surface area contributed by atoms with Crippen LogP contribution in [0.5, 0.6) is 0 Å². The monoisotopic (exact) mass is 293 g/mol. The van der Waals surface area contributed by atoms with E-state index in [1.54, 1.807) is 14.0 Å². The van der Waals surface area contributed by atoms with Crippen LogP contribution in [-0.4, -0.2) is 44.5 Å². The highest BCUT2D eigenvalue weighted by Crippen LogP contribution is 2.33. The quantitative estimate of drug-likeness (QED) is 0.756. The zero-order chi connectivity index (χ0) is 15.4. The first-order chi connectivity index (χ1) is 10.1. The van der Waals surface area contributed by atoms with Crippen molar-refractivity contribution >= 4 is 5.97 Å². The summed E-state index contributed by atoms with van der Waals surface area (Å²) in [6.45, 7) is 6.84. The third-order valence-electron chi connectivity index (χ3n) is 3.43. The molecule has 2 aliphatic rings. The van der Waals surface area contributed by atoms with Gasteiger partial charge in [0.2, 0.25) is 0 Å². The van der Waals surface area contributed by atoms with E-state index >= 15 is 0 Å². The molecule has 5 nitrogen and oxygen atoms in total. The smallest absolute Gasteiger partial charge is 0.337 e. The van der Waals surface area contributed by atoms with Gasteiger partial charge in [-0.1, -0.05) is 13.8 Å². The van der Waals surface area contributed by atoms with E-state index in [4.69, 9.17) is 14.2 Å². The first-order valence-corrected chi connectivity index (χ1v) is 7.30. The predicted molar refractivity (Wildman–Crippen MR) is 79.7 cm³/mol. The van der Waals surface area contributed by atoms with Crippen molar-refractivity contribution in [1.82, 2.24) is 5.32 Å². The summed E-state index contributed by atoms with van der Waals surface area (Å²) in [5.74, 6) is 0.400. The molecule has 1 aliphatic carbocycles. The van der Waals surface area contributed by atoms with Crippen LogP contribution in [0.3, 0.4) is 0 Å². The number of fused-ring (bicyclic) bond motifs is 1. The number of carbonyl (C=O) groups excluding carboxylic acids is 1. The van der Waals surface area contributed by atoms with Gasteiger partial charge in [-0.2, -0.15) is 0 Å². The maximum Gasteiger partial charge on any atom is 0.337 e. The Morgan fingerprint density at radius 3 is 2.86 bits per heavy atom. The van der Waals surface area contributed by atoms with Crippen LogP contribution in [-0.2, 0) is 19.0 Å². The van der Waals surface area contributed by atoms with Gasteiger partial charge in [-0.05, 0) is 25.2 Å². The number of hydrogen-bond donors (Lipinski definition) is 1. The molecule has 1 aliphatic heterocycles. The maximum atomic E-state index is 12.3. The van der Waals surface area contributed by atoms with E-state index in [9.17, 15) is 4.79 Å². The molecular formula is C16H23NO4. The second-order valence-corrected chi connectivity index (χ2v) is 5.31. The van der Waals surface area contributed by atoms with E-state index in [-0.39, 0.29) is 18.2 Å². The van der Waals surface area contributed by atoms with Crippen LogP contribution in [0.15, 0.2) is 35.1 Å². The van der Waals surface area contributed by atoms with Gasteiger partial charge >= 0.3 is 5.97 Å². The van der Waals surface area contributed by atoms with Gasteiger partial charge in [0.15, 0.2) is 0 Å². The van der Waals surface area contributed by atoms with Crippen LogP contribution in [0.1, 0.15) is 20.8 Å². The van der Waals surface area contributed by atoms with Crippen LogP contribution < -0.4 is 5.32 Å². The molecule has 0 saturated carbocycles. The van der Waals surface area contributed by atoms with Crippen LogP contribution in [0.25, 0.3) is 0 Å². The molecule has 1 N–H and O–H groups in total. The molecule has 0 amide bonds. The summed E-state index contributed by atoms with van der Waals surface area (Å²) in [7, 11) is 1.61. The molecular weight excluding hydrogens is 270 g/mol. The largest absolute Gasteiger partial charge is 0.497 e. The molecule has 0 aromatic carbocycles. The van der Waals surface area contributed by atoms with Gasteiger partial charge in [-0.25, -0.2) is 4.79 Å². The summed E-state index contributed by atoms with van der Waals surface area (Å²) in [4.78, 5) is 12.3. The molecule has 2 atom stereocenters. The van der Waals surface area contributed by atoms with E-state index in [0.717, 1.165) is 5.57 Å². The van der Waals surface area contributed by atoms with Crippen molar-refractivity contribution in [3.63, 3.8) is 0 Å². The van der Waals surface area contributed by atoms with Crippen molar-refractivity contribution in [3.05, 3.63) is 35.1 Å². The molecule has 0 aromatic rings. The first-order valence-electron chi connectivity index (χ1n) is 7.30. The number of nitrogens with one attached hydrogen (secondary N) is 1. The molecule has 116 valence electrons. The molecule has 2 unspecified atom stereocenters. The van der Waals surface area contributed by atoms with Crippen molar-refractivity contribution in [1.29, 1.82) is 0 Å². The van der Waals surface area contributed by atoms with Crippen molar-refractivity contribution < 1.29 is 19.0 Å². The zero-order valence-corrected chi connectivity index (χ0v) is 13.0. The third kappa shape index (κ3) is 3.54. The Labute approximate surface area is 125 Å². The Bertz CT molecular complexity index is 491. The number of methoxy groups -OCH3 is 1. The Kier molecular flexibility index (Phi) is 5.20. The summed E-state index contributed by atoms with van der Waals surface area (Å²) in [5, 5.41) is 3.31. The zero-order valence-electron chi connectivity index (χ0n) is 13.0. The highest BCUT2D eigenvalue weighted by atomic mass is 16.5.